The summed E-state index contributed by atoms with van der Waals surface area (Å²) in [6.07, 6.45) is 7.48. The molecule has 2 heterocycles. The fourth-order valence-electron chi connectivity index (χ4n) is 3.17. The van der Waals surface area contributed by atoms with Gasteiger partial charge < -0.3 is 10.6 Å². The Hall–Kier alpha value is -2.53. The van der Waals surface area contributed by atoms with E-state index in [0.717, 1.165) is 27.0 Å². The molecule has 0 radical (unpaired) electrons. The topological polar surface area (TPSA) is 93.2 Å². The lowest BCUT2D eigenvalue weighted by atomic mass is 10.2. The molecule has 4 rings (SSSR count). The summed E-state index contributed by atoms with van der Waals surface area (Å²) in [4.78, 5) is 24.8. The second-order valence-electron chi connectivity index (χ2n) is 7.15. The van der Waals surface area contributed by atoms with Gasteiger partial charge in [0.25, 0.3) is 0 Å². The van der Waals surface area contributed by atoms with Crippen molar-refractivity contribution in [2.75, 3.05) is 31.3 Å². The van der Waals surface area contributed by atoms with Gasteiger partial charge in [-0.2, -0.15) is 5.10 Å². The normalized spacial score (nSPS) is 14.2. The molecular formula is C20H22IN7O. The molecule has 1 aliphatic carbocycles. The second-order valence-corrected chi connectivity index (χ2v) is 8.17. The van der Waals surface area contributed by atoms with E-state index in [9.17, 15) is 4.79 Å². The molecule has 0 spiro atoms. The molecule has 2 aromatic heterocycles. The summed E-state index contributed by atoms with van der Waals surface area (Å²) in [6, 6.07) is 8.29. The lowest BCUT2D eigenvalue weighted by Crippen LogP contribution is -2.25. The number of fused-ring (bicyclic) bond motifs is 1. The van der Waals surface area contributed by atoms with Crippen molar-refractivity contribution in [3.63, 3.8) is 0 Å². The molecule has 8 nitrogen and oxygen atoms in total. The Balaban J connectivity index is 1.56. The van der Waals surface area contributed by atoms with Crippen molar-refractivity contribution in [1.29, 1.82) is 0 Å². The molecule has 1 saturated carbocycles. The number of aromatic nitrogens is 4. The van der Waals surface area contributed by atoms with E-state index in [0.29, 0.717) is 17.5 Å². The minimum Gasteiger partial charge on any atom is -0.383 e. The molecule has 0 saturated heterocycles. The van der Waals surface area contributed by atoms with Gasteiger partial charge in [0, 0.05) is 31.4 Å². The van der Waals surface area contributed by atoms with Crippen molar-refractivity contribution in [2.45, 2.75) is 18.9 Å². The number of benzene rings is 1. The summed E-state index contributed by atoms with van der Waals surface area (Å²) in [5, 5.41) is 5.28. The van der Waals surface area contributed by atoms with Gasteiger partial charge in [-0.15, -0.1) is 0 Å². The van der Waals surface area contributed by atoms with Gasteiger partial charge in [0.15, 0.2) is 5.65 Å². The number of carbonyl (C=O) groups excluding carboxylic acids is 1. The highest BCUT2D eigenvalue weighted by Crippen LogP contribution is 2.27. The quantitative estimate of drug-likeness (QED) is 0.411. The van der Waals surface area contributed by atoms with Gasteiger partial charge in [-0.05, 0) is 60.7 Å². The number of nitrogens with zero attached hydrogens (tertiary/aromatic N) is 6. The summed E-state index contributed by atoms with van der Waals surface area (Å²) >= 11 is 2.12. The number of likely N-dealkylation sites (N-methyl/N-ethyl adjacent to an activating group) is 2. The van der Waals surface area contributed by atoms with E-state index in [1.165, 1.54) is 19.2 Å². The summed E-state index contributed by atoms with van der Waals surface area (Å²) in [7, 11) is 3.85. The van der Waals surface area contributed by atoms with Gasteiger partial charge in [-0.3, -0.25) is 9.69 Å². The summed E-state index contributed by atoms with van der Waals surface area (Å²) < 4.78 is 2.45. The van der Waals surface area contributed by atoms with Gasteiger partial charge in [0.1, 0.15) is 15.8 Å². The van der Waals surface area contributed by atoms with Crippen LogP contribution in [0.1, 0.15) is 12.8 Å². The Morgan fingerprint density at radius 3 is 2.90 bits per heavy atom. The second kappa shape index (κ2) is 8.07. The lowest BCUT2D eigenvalue weighted by molar-refractivity contribution is -0.113. The molecule has 0 unspecified atom stereocenters. The van der Waals surface area contributed by atoms with Crippen LogP contribution in [0.4, 0.5) is 11.5 Å². The standard InChI is InChI=1S/C20H22IN7O/c1-26(13-8-9-13)10-4-7-16(29)27(2)14-5-3-6-15(11-14)28-20-17(18(21)25-28)19(22)23-12-24-20/h3-7,11-13H,8-10H2,1-2H3,(H2,22,23,24)/b7-4+. The Kier molecular flexibility index (Phi) is 5.50. The molecule has 29 heavy (non-hydrogen) atoms. The van der Waals surface area contributed by atoms with E-state index in [4.69, 9.17) is 5.73 Å². The maximum atomic E-state index is 12.6. The van der Waals surface area contributed by atoms with E-state index in [2.05, 4.69) is 49.6 Å². The van der Waals surface area contributed by atoms with E-state index in [-0.39, 0.29) is 5.91 Å². The van der Waals surface area contributed by atoms with Gasteiger partial charge in [0.2, 0.25) is 5.91 Å². The molecule has 0 aliphatic heterocycles. The first kappa shape index (κ1) is 19.8. The van der Waals surface area contributed by atoms with Crippen LogP contribution in [-0.4, -0.2) is 57.2 Å². The number of halogens is 1. The summed E-state index contributed by atoms with van der Waals surface area (Å²) in [6.45, 7) is 0.781. The van der Waals surface area contributed by atoms with E-state index in [1.807, 2.05) is 30.3 Å². The molecule has 0 atom stereocenters. The first-order chi connectivity index (χ1) is 14.0. The molecule has 0 bridgehead atoms. The molecule has 1 fully saturated rings. The number of amides is 1. The van der Waals surface area contributed by atoms with Gasteiger partial charge in [0.05, 0.1) is 11.1 Å². The van der Waals surface area contributed by atoms with E-state index in [1.54, 1.807) is 22.7 Å². The molecule has 150 valence electrons. The van der Waals surface area contributed by atoms with Gasteiger partial charge in [-0.25, -0.2) is 14.6 Å². The number of hydrogen-bond donors (Lipinski definition) is 1. The van der Waals surface area contributed by atoms with Crippen molar-refractivity contribution < 1.29 is 4.79 Å². The zero-order valence-electron chi connectivity index (χ0n) is 16.3. The Labute approximate surface area is 182 Å². The third-order valence-electron chi connectivity index (χ3n) is 5.07. The fraction of sp³-hybridized carbons (Fsp3) is 0.300. The van der Waals surface area contributed by atoms with Crippen LogP contribution in [0, 0.1) is 3.70 Å². The van der Waals surface area contributed by atoms with Crippen LogP contribution in [0.2, 0.25) is 0 Å². The highest BCUT2D eigenvalue weighted by Gasteiger charge is 2.25. The molecule has 1 aliphatic rings. The number of hydrogen-bond acceptors (Lipinski definition) is 6. The molecular weight excluding hydrogens is 481 g/mol. The lowest BCUT2D eigenvalue weighted by Gasteiger charge is -2.17. The zero-order chi connectivity index (χ0) is 20.5. The largest absolute Gasteiger partial charge is 0.383 e. The molecule has 9 heteroatoms. The zero-order valence-corrected chi connectivity index (χ0v) is 18.4. The summed E-state index contributed by atoms with van der Waals surface area (Å²) in [5.41, 5.74) is 8.19. The minimum absolute atomic E-state index is 0.0715. The van der Waals surface area contributed by atoms with Gasteiger partial charge in [-0.1, -0.05) is 12.1 Å². The fourth-order valence-corrected chi connectivity index (χ4v) is 3.90. The van der Waals surface area contributed by atoms with E-state index < -0.39 is 0 Å². The van der Waals surface area contributed by atoms with Crippen LogP contribution in [0.15, 0.2) is 42.7 Å². The SMILES string of the molecule is CN(C(=O)/C=C/CN(C)C1CC1)c1cccc(-n2nc(I)c3c(N)ncnc32)c1. The average Bonchev–Trinajstić information content (AvgIpc) is 3.51. The van der Waals surface area contributed by atoms with Crippen LogP contribution in [0.3, 0.4) is 0 Å². The molecule has 1 aromatic carbocycles. The first-order valence-electron chi connectivity index (χ1n) is 9.35. The third kappa shape index (κ3) is 4.10. The number of nitrogens with two attached hydrogens (primary N) is 1. The minimum atomic E-state index is -0.0715. The monoisotopic (exact) mass is 503 g/mol. The predicted molar refractivity (Wildman–Crippen MR) is 122 cm³/mol. The Morgan fingerprint density at radius 2 is 2.14 bits per heavy atom. The highest BCUT2D eigenvalue weighted by atomic mass is 127. The van der Waals surface area contributed by atoms with Crippen molar-refractivity contribution in [3.8, 4) is 5.69 Å². The van der Waals surface area contributed by atoms with Crippen LogP contribution in [0.25, 0.3) is 16.7 Å². The van der Waals surface area contributed by atoms with Crippen molar-refractivity contribution in [1.82, 2.24) is 24.6 Å². The van der Waals surface area contributed by atoms with Crippen LogP contribution in [-0.2, 0) is 4.79 Å². The van der Waals surface area contributed by atoms with Gasteiger partial charge >= 0.3 is 0 Å². The first-order valence-corrected chi connectivity index (χ1v) is 10.4. The molecule has 1 amide bonds. The maximum Gasteiger partial charge on any atom is 0.250 e. The number of anilines is 2. The number of carbonyl (C=O) groups is 1. The van der Waals surface area contributed by atoms with E-state index >= 15 is 0 Å². The van der Waals surface area contributed by atoms with Crippen LogP contribution < -0.4 is 10.6 Å². The number of nitrogen functional groups attached to an aromatic ring is 1. The van der Waals surface area contributed by atoms with Crippen molar-refractivity contribution in [3.05, 3.63) is 46.4 Å². The third-order valence-corrected chi connectivity index (χ3v) is 5.82. The average molecular weight is 503 g/mol. The highest BCUT2D eigenvalue weighted by molar-refractivity contribution is 14.1. The Morgan fingerprint density at radius 1 is 1.34 bits per heavy atom. The van der Waals surface area contributed by atoms with Crippen molar-refractivity contribution >= 4 is 51.0 Å². The smallest absolute Gasteiger partial charge is 0.250 e. The predicted octanol–water partition coefficient (Wildman–Crippen LogP) is 2.62. The Bertz CT molecular complexity index is 1090. The maximum absolute atomic E-state index is 12.6. The molecule has 3 aromatic rings. The molecule has 2 N–H and O–H groups in total. The summed E-state index contributed by atoms with van der Waals surface area (Å²) in [5.74, 6) is 0.327. The van der Waals surface area contributed by atoms with Crippen LogP contribution in [0.5, 0.6) is 0 Å². The van der Waals surface area contributed by atoms with Crippen molar-refractivity contribution in [2.24, 2.45) is 0 Å². The van der Waals surface area contributed by atoms with Crippen LogP contribution >= 0.6 is 22.6 Å². The number of rotatable bonds is 6.